The molecule has 0 radical (unpaired) electrons. The van der Waals surface area contributed by atoms with Crippen LogP contribution in [0.1, 0.15) is 35.3 Å². The molecule has 3 N–H and O–H groups in total. The first-order chi connectivity index (χ1) is 13.4. The second-order valence-corrected chi connectivity index (χ2v) is 7.42. The first kappa shape index (κ1) is 21.9. The molecule has 3 amide bonds. The summed E-state index contributed by atoms with van der Waals surface area (Å²) in [7, 11) is 0. The Morgan fingerprint density at radius 3 is 2.29 bits per heavy atom. The monoisotopic (exact) mass is 465 g/mol. The highest BCUT2D eigenvalue weighted by Crippen LogP contribution is 2.19. The lowest BCUT2D eigenvalue weighted by Crippen LogP contribution is -2.37. The number of hydrogen-bond donors (Lipinski definition) is 3. The first-order valence-corrected chi connectivity index (χ1v) is 9.86. The quantitative estimate of drug-likeness (QED) is 0.522. The second kappa shape index (κ2) is 10.8. The number of carbonyl (C=O) groups is 3. The molecule has 148 valence electrons. The summed E-state index contributed by atoms with van der Waals surface area (Å²) < 4.78 is 0.913. The molecule has 0 heterocycles. The molecule has 1 unspecified atom stereocenters. The SMILES string of the molecule is CC(=O)NC(CC(=O)NCCNC(=O)c1ccccc1Cl)c1ccc(Br)cc1. The van der Waals surface area contributed by atoms with E-state index in [1.165, 1.54) is 6.92 Å². The van der Waals surface area contributed by atoms with Crippen molar-refractivity contribution in [2.45, 2.75) is 19.4 Å². The minimum Gasteiger partial charge on any atom is -0.354 e. The maximum atomic E-state index is 12.2. The zero-order valence-electron chi connectivity index (χ0n) is 15.3. The van der Waals surface area contributed by atoms with E-state index in [1.807, 2.05) is 24.3 Å². The van der Waals surface area contributed by atoms with Crippen LogP contribution in [0.3, 0.4) is 0 Å². The molecule has 0 bridgehead atoms. The molecule has 0 aromatic heterocycles. The fourth-order valence-electron chi connectivity index (χ4n) is 2.57. The van der Waals surface area contributed by atoms with Crippen LogP contribution < -0.4 is 16.0 Å². The van der Waals surface area contributed by atoms with Gasteiger partial charge in [-0.3, -0.25) is 14.4 Å². The highest BCUT2D eigenvalue weighted by Gasteiger charge is 2.17. The Balaban J connectivity index is 1.82. The molecule has 8 heteroatoms. The third-order valence-corrected chi connectivity index (χ3v) is 4.75. The van der Waals surface area contributed by atoms with Crippen molar-refractivity contribution in [3.05, 3.63) is 69.2 Å². The lowest BCUT2D eigenvalue weighted by Gasteiger charge is -2.18. The average molecular weight is 467 g/mol. The third-order valence-electron chi connectivity index (χ3n) is 3.89. The van der Waals surface area contributed by atoms with Gasteiger partial charge in [-0.15, -0.1) is 0 Å². The summed E-state index contributed by atoms with van der Waals surface area (Å²) >= 11 is 9.34. The maximum absolute atomic E-state index is 12.2. The summed E-state index contributed by atoms with van der Waals surface area (Å²) in [4.78, 5) is 35.8. The summed E-state index contributed by atoms with van der Waals surface area (Å²) in [6, 6.07) is 13.7. The fourth-order valence-corrected chi connectivity index (χ4v) is 3.05. The maximum Gasteiger partial charge on any atom is 0.252 e. The minimum atomic E-state index is -0.427. The molecule has 0 saturated carbocycles. The summed E-state index contributed by atoms with van der Waals surface area (Å²) in [5.74, 6) is -0.743. The topological polar surface area (TPSA) is 87.3 Å². The minimum absolute atomic E-state index is 0.0969. The Kier molecular flexibility index (Phi) is 8.47. The van der Waals surface area contributed by atoms with Crippen LogP contribution in [0, 0.1) is 0 Å². The van der Waals surface area contributed by atoms with E-state index >= 15 is 0 Å². The van der Waals surface area contributed by atoms with Crippen LogP contribution in [0.5, 0.6) is 0 Å². The molecule has 6 nitrogen and oxygen atoms in total. The molecule has 0 spiro atoms. The van der Waals surface area contributed by atoms with Gasteiger partial charge in [0.25, 0.3) is 5.91 Å². The standard InChI is InChI=1S/C20H21BrClN3O3/c1-13(26)25-18(14-6-8-15(21)9-7-14)12-19(27)23-10-11-24-20(28)16-4-2-3-5-17(16)22/h2-9,18H,10-12H2,1H3,(H,23,27)(H,24,28)(H,25,26). The van der Waals surface area contributed by atoms with Crippen molar-refractivity contribution in [2.75, 3.05) is 13.1 Å². The van der Waals surface area contributed by atoms with Crippen molar-refractivity contribution in [3.8, 4) is 0 Å². The molecular weight excluding hydrogens is 446 g/mol. The van der Waals surface area contributed by atoms with E-state index < -0.39 is 6.04 Å². The number of hydrogen-bond acceptors (Lipinski definition) is 3. The lowest BCUT2D eigenvalue weighted by molar-refractivity contribution is -0.122. The average Bonchev–Trinajstić information content (AvgIpc) is 2.65. The number of nitrogens with one attached hydrogen (secondary N) is 3. The van der Waals surface area contributed by atoms with Crippen molar-refractivity contribution >= 4 is 45.3 Å². The molecule has 1 atom stereocenters. The Hall–Kier alpha value is -2.38. The molecule has 2 rings (SSSR count). The normalized spacial score (nSPS) is 11.4. The molecule has 0 aliphatic rings. The second-order valence-electron chi connectivity index (χ2n) is 6.09. The van der Waals surface area contributed by atoms with E-state index in [4.69, 9.17) is 11.6 Å². The number of amides is 3. The van der Waals surface area contributed by atoms with Crippen LogP contribution in [-0.4, -0.2) is 30.8 Å². The summed E-state index contributed by atoms with van der Waals surface area (Å²) in [5.41, 5.74) is 1.22. The van der Waals surface area contributed by atoms with Gasteiger partial charge >= 0.3 is 0 Å². The lowest BCUT2D eigenvalue weighted by atomic mass is 10.0. The van der Waals surface area contributed by atoms with Crippen molar-refractivity contribution in [2.24, 2.45) is 0 Å². The molecule has 2 aromatic carbocycles. The Morgan fingerprint density at radius 1 is 1.00 bits per heavy atom. The zero-order chi connectivity index (χ0) is 20.5. The molecule has 0 fully saturated rings. The largest absolute Gasteiger partial charge is 0.354 e. The zero-order valence-corrected chi connectivity index (χ0v) is 17.6. The van der Waals surface area contributed by atoms with E-state index in [0.717, 1.165) is 10.0 Å². The van der Waals surface area contributed by atoms with Gasteiger partial charge < -0.3 is 16.0 Å². The van der Waals surface area contributed by atoms with Crippen molar-refractivity contribution in [1.29, 1.82) is 0 Å². The summed E-state index contributed by atoms with van der Waals surface area (Å²) in [6.07, 6.45) is 0.0969. The highest BCUT2D eigenvalue weighted by atomic mass is 79.9. The van der Waals surface area contributed by atoms with Crippen LogP contribution in [0.4, 0.5) is 0 Å². The predicted octanol–water partition coefficient (Wildman–Crippen LogP) is 3.22. The Bertz CT molecular complexity index is 843. The van der Waals surface area contributed by atoms with Crippen molar-refractivity contribution < 1.29 is 14.4 Å². The number of halogens is 2. The molecule has 2 aromatic rings. The predicted molar refractivity (Wildman–Crippen MR) is 112 cm³/mol. The van der Waals surface area contributed by atoms with Gasteiger partial charge in [0, 0.05) is 24.5 Å². The highest BCUT2D eigenvalue weighted by molar-refractivity contribution is 9.10. The van der Waals surface area contributed by atoms with Crippen LogP contribution in [0.25, 0.3) is 0 Å². The van der Waals surface area contributed by atoms with E-state index in [2.05, 4.69) is 31.9 Å². The molecule has 0 saturated heterocycles. The Morgan fingerprint density at radius 2 is 1.64 bits per heavy atom. The van der Waals surface area contributed by atoms with E-state index in [1.54, 1.807) is 24.3 Å². The third kappa shape index (κ3) is 6.98. The van der Waals surface area contributed by atoms with Crippen LogP contribution in [-0.2, 0) is 9.59 Å². The van der Waals surface area contributed by atoms with Gasteiger partial charge in [0.1, 0.15) is 0 Å². The van der Waals surface area contributed by atoms with Gasteiger partial charge in [-0.05, 0) is 29.8 Å². The molecule has 28 heavy (non-hydrogen) atoms. The van der Waals surface area contributed by atoms with Gasteiger partial charge in [0.05, 0.1) is 23.0 Å². The Labute approximate surface area is 177 Å². The van der Waals surface area contributed by atoms with Crippen LogP contribution in [0.2, 0.25) is 5.02 Å². The molecule has 0 aliphatic heterocycles. The van der Waals surface area contributed by atoms with Crippen LogP contribution >= 0.6 is 27.5 Å². The molecular formula is C20H21BrClN3O3. The number of carbonyl (C=O) groups excluding carboxylic acids is 3. The van der Waals surface area contributed by atoms with E-state index in [9.17, 15) is 14.4 Å². The number of rotatable bonds is 8. The smallest absolute Gasteiger partial charge is 0.252 e. The van der Waals surface area contributed by atoms with Crippen LogP contribution in [0.15, 0.2) is 53.0 Å². The van der Waals surface area contributed by atoms with Gasteiger partial charge in [-0.1, -0.05) is 51.8 Å². The van der Waals surface area contributed by atoms with Gasteiger partial charge in [-0.25, -0.2) is 0 Å². The summed E-state index contributed by atoms with van der Waals surface area (Å²) in [5, 5.41) is 8.60. The number of benzene rings is 2. The van der Waals surface area contributed by atoms with Gasteiger partial charge in [-0.2, -0.15) is 0 Å². The van der Waals surface area contributed by atoms with Crippen molar-refractivity contribution in [1.82, 2.24) is 16.0 Å². The molecule has 0 aliphatic carbocycles. The van der Waals surface area contributed by atoms with Gasteiger partial charge in [0.15, 0.2) is 0 Å². The summed E-state index contributed by atoms with van der Waals surface area (Å²) in [6.45, 7) is 1.94. The first-order valence-electron chi connectivity index (χ1n) is 8.69. The fraction of sp³-hybridized carbons (Fsp3) is 0.250. The van der Waals surface area contributed by atoms with Gasteiger partial charge in [0.2, 0.25) is 11.8 Å². The van der Waals surface area contributed by atoms with Crippen molar-refractivity contribution in [3.63, 3.8) is 0 Å². The van der Waals surface area contributed by atoms with E-state index in [0.29, 0.717) is 10.6 Å². The van der Waals surface area contributed by atoms with E-state index in [-0.39, 0.29) is 37.2 Å².